The predicted molar refractivity (Wildman–Crippen MR) is 70.7 cm³/mol. The number of nitrogens with one attached hydrogen (secondary N) is 1. The Morgan fingerprint density at radius 2 is 2.38 bits per heavy atom. The summed E-state index contributed by atoms with van der Waals surface area (Å²) in [5, 5.41) is 9.84. The molecule has 0 fully saturated rings. The molecule has 0 spiro atoms. The van der Waals surface area contributed by atoms with Crippen molar-refractivity contribution in [1.29, 1.82) is 0 Å². The molecule has 2 aromatic rings. The maximum absolute atomic E-state index is 4.40. The van der Waals surface area contributed by atoms with E-state index in [1.165, 1.54) is 9.35 Å². The Balaban J connectivity index is 2.15. The second-order valence-corrected chi connectivity index (χ2v) is 5.46. The molecule has 16 heavy (non-hydrogen) atoms. The molecule has 0 radical (unpaired) electrons. The highest BCUT2D eigenvalue weighted by atomic mass is 79.9. The van der Waals surface area contributed by atoms with Gasteiger partial charge in [-0.1, -0.05) is 0 Å². The van der Waals surface area contributed by atoms with Crippen LogP contribution in [0, 0.1) is 0 Å². The van der Waals surface area contributed by atoms with Gasteiger partial charge in [-0.25, -0.2) is 0 Å². The minimum Gasteiger partial charge on any atom is -0.312 e. The molecule has 0 aliphatic heterocycles. The molecule has 0 saturated heterocycles. The summed E-state index contributed by atoms with van der Waals surface area (Å²) in [6.45, 7) is 0. The fourth-order valence-corrected chi connectivity index (χ4v) is 3.42. The van der Waals surface area contributed by atoms with Crippen LogP contribution < -0.4 is 5.32 Å². The van der Waals surface area contributed by atoms with Crippen molar-refractivity contribution in [3.63, 3.8) is 0 Å². The number of rotatable bonds is 4. The second kappa shape index (κ2) is 5.12. The van der Waals surface area contributed by atoms with Gasteiger partial charge in [-0.05, 0) is 40.5 Å². The monoisotopic (exact) mass is 299 g/mol. The molecule has 0 bridgehead atoms. The molecule has 5 heteroatoms. The number of hydrogen-bond donors (Lipinski definition) is 1. The molecular formula is C11H14BrN3S. The molecule has 86 valence electrons. The van der Waals surface area contributed by atoms with Gasteiger partial charge < -0.3 is 5.32 Å². The minimum atomic E-state index is 0.323. The topological polar surface area (TPSA) is 29.9 Å². The largest absolute Gasteiger partial charge is 0.312 e. The van der Waals surface area contributed by atoms with Crippen molar-refractivity contribution in [2.24, 2.45) is 7.05 Å². The quantitative estimate of drug-likeness (QED) is 0.941. The fraction of sp³-hybridized carbons (Fsp3) is 0.364. The van der Waals surface area contributed by atoms with E-state index in [0.29, 0.717) is 6.04 Å². The second-order valence-electron chi connectivity index (χ2n) is 3.66. The molecule has 1 unspecified atom stereocenters. The number of nitrogens with zero attached hydrogens (tertiary/aromatic N) is 2. The summed E-state index contributed by atoms with van der Waals surface area (Å²) in [6.07, 6.45) is 2.89. The van der Waals surface area contributed by atoms with E-state index in [-0.39, 0.29) is 0 Å². The Kier molecular flexibility index (Phi) is 3.78. The molecule has 0 saturated carbocycles. The highest BCUT2D eigenvalue weighted by Crippen LogP contribution is 2.30. The van der Waals surface area contributed by atoms with Gasteiger partial charge >= 0.3 is 0 Å². The molecule has 0 aliphatic carbocycles. The molecule has 0 aliphatic rings. The zero-order valence-corrected chi connectivity index (χ0v) is 11.7. The van der Waals surface area contributed by atoms with Gasteiger partial charge in [-0.3, -0.25) is 4.68 Å². The minimum absolute atomic E-state index is 0.323. The molecule has 0 amide bonds. The van der Waals surface area contributed by atoms with E-state index in [9.17, 15) is 0 Å². The third-order valence-electron chi connectivity index (χ3n) is 2.49. The van der Waals surface area contributed by atoms with Crippen LogP contribution in [0.1, 0.15) is 16.6 Å². The van der Waals surface area contributed by atoms with Gasteiger partial charge in [0.25, 0.3) is 0 Å². The van der Waals surface area contributed by atoms with E-state index in [2.05, 4.69) is 43.9 Å². The summed E-state index contributed by atoms with van der Waals surface area (Å²) < 4.78 is 3.01. The van der Waals surface area contributed by atoms with Gasteiger partial charge in [0.15, 0.2) is 0 Å². The predicted octanol–water partition coefficient (Wildman–Crippen LogP) is 2.75. The van der Waals surface area contributed by atoms with Crippen molar-refractivity contribution in [3.8, 4) is 0 Å². The summed E-state index contributed by atoms with van der Waals surface area (Å²) >= 11 is 5.34. The van der Waals surface area contributed by atoms with E-state index in [0.717, 1.165) is 12.1 Å². The Morgan fingerprint density at radius 1 is 1.56 bits per heavy atom. The van der Waals surface area contributed by atoms with Crippen molar-refractivity contribution in [3.05, 3.63) is 38.8 Å². The first-order valence-electron chi connectivity index (χ1n) is 5.09. The average Bonchev–Trinajstić information content (AvgIpc) is 2.84. The number of thiophene rings is 1. The fourth-order valence-electron chi connectivity index (χ4n) is 1.66. The van der Waals surface area contributed by atoms with Crippen LogP contribution in [0.5, 0.6) is 0 Å². The van der Waals surface area contributed by atoms with Crippen molar-refractivity contribution < 1.29 is 0 Å². The summed E-state index contributed by atoms with van der Waals surface area (Å²) in [4.78, 5) is 1.33. The number of aryl methyl sites for hydroxylation is 1. The van der Waals surface area contributed by atoms with Crippen molar-refractivity contribution in [1.82, 2.24) is 15.1 Å². The van der Waals surface area contributed by atoms with Crippen LogP contribution in [0.25, 0.3) is 0 Å². The average molecular weight is 300 g/mol. The molecule has 2 aromatic heterocycles. The lowest BCUT2D eigenvalue weighted by molar-refractivity contribution is 0.584. The van der Waals surface area contributed by atoms with E-state index < -0.39 is 0 Å². The lowest BCUT2D eigenvalue weighted by Gasteiger charge is -2.13. The normalized spacial score (nSPS) is 12.9. The Labute approximate surface area is 108 Å². The first kappa shape index (κ1) is 11.8. The standard InChI is InChI=1S/C11H14BrN3S/c1-13-10(11-9(12)4-6-16-11)7-8-3-5-15(2)14-8/h3-6,10,13H,7H2,1-2H3. The van der Waals surface area contributed by atoms with Crippen LogP contribution in [0.2, 0.25) is 0 Å². The lowest BCUT2D eigenvalue weighted by Crippen LogP contribution is -2.18. The highest BCUT2D eigenvalue weighted by molar-refractivity contribution is 9.10. The molecule has 2 heterocycles. The Morgan fingerprint density at radius 3 is 2.88 bits per heavy atom. The van der Waals surface area contributed by atoms with Gasteiger partial charge in [-0.15, -0.1) is 11.3 Å². The summed E-state index contributed by atoms with van der Waals surface area (Å²) in [7, 11) is 3.93. The van der Waals surface area contributed by atoms with Crippen LogP contribution in [-0.4, -0.2) is 16.8 Å². The van der Waals surface area contributed by atoms with Crippen molar-refractivity contribution in [2.45, 2.75) is 12.5 Å². The van der Waals surface area contributed by atoms with E-state index in [1.54, 1.807) is 11.3 Å². The zero-order chi connectivity index (χ0) is 11.5. The summed E-state index contributed by atoms with van der Waals surface area (Å²) in [5.41, 5.74) is 1.11. The van der Waals surface area contributed by atoms with Crippen molar-refractivity contribution >= 4 is 27.3 Å². The molecular weight excluding hydrogens is 286 g/mol. The van der Waals surface area contributed by atoms with E-state index >= 15 is 0 Å². The van der Waals surface area contributed by atoms with Crippen LogP contribution in [-0.2, 0) is 13.5 Å². The van der Waals surface area contributed by atoms with Gasteiger partial charge in [0.05, 0.1) is 5.69 Å². The van der Waals surface area contributed by atoms with Crippen molar-refractivity contribution in [2.75, 3.05) is 7.05 Å². The molecule has 1 atom stereocenters. The van der Waals surface area contributed by atoms with Crippen LogP contribution in [0.4, 0.5) is 0 Å². The third kappa shape index (κ3) is 2.53. The number of hydrogen-bond acceptors (Lipinski definition) is 3. The van der Waals surface area contributed by atoms with Gasteiger partial charge in [-0.2, -0.15) is 5.10 Å². The van der Waals surface area contributed by atoms with E-state index in [4.69, 9.17) is 0 Å². The maximum atomic E-state index is 4.40. The smallest absolute Gasteiger partial charge is 0.0643 e. The van der Waals surface area contributed by atoms with Crippen LogP contribution >= 0.6 is 27.3 Å². The molecule has 3 nitrogen and oxygen atoms in total. The SMILES string of the molecule is CNC(Cc1ccn(C)n1)c1sccc1Br. The molecule has 1 N–H and O–H groups in total. The first-order chi connectivity index (χ1) is 7.70. The number of halogens is 1. The van der Waals surface area contributed by atoms with Gasteiger partial charge in [0, 0.05) is 35.1 Å². The first-order valence-corrected chi connectivity index (χ1v) is 6.76. The van der Waals surface area contributed by atoms with Crippen LogP contribution in [0.15, 0.2) is 28.2 Å². The zero-order valence-electron chi connectivity index (χ0n) is 9.27. The van der Waals surface area contributed by atoms with Crippen LogP contribution in [0.3, 0.4) is 0 Å². The Bertz CT molecular complexity index is 463. The van der Waals surface area contributed by atoms with E-state index in [1.807, 2.05) is 25.0 Å². The molecule has 0 aromatic carbocycles. The van der Waals surface area contributed by atoms with Gasteiger partial charge in [0.1, 0.15) is 0 Å². The Hall–Kier alpha value is -0.650. The third-order valence-corrected chi connectivity index (χ3v) is 4.48. The summed E-state index contributed by atoms with van der Waals surface area (Å²) in [6, 6.07) is 4.47. The lowest BCUT2D eigenvalue weighted by atomic mass is 10.1. The maximum Gasteiger partial charge on any atom is 0.0643 e. The highest BCUT2D eigenvalue weighted by Gasteiger charge is 2.15. The molecule has 2 rings (SSSR count). The number of likely N-dealkylation sites (N-methyl/N-ethyl adjacent to an activating group) is 1. The summed E-state index contributed by atoms with van der Waals surface area (Å²) in [5.74, 6) is 0. The number of aromatic nitrogens is 2. The van der Waals surface area contributed by atoms with Gasteiger partial charge in [0.2, 0.25) is 0 Å².